The molecule has 0 radical (unpaired) electrons. The zero-order valence-corrected chi connectivity index (χ0v) is 11.6. The molecule has 1 aliphatic heterocycles. The smallest absolute Gasteiger partial charge is 0.306 e. The molecule has 2 heterocycles. The number of carbonyl (C=O) groups is 1. The van der Waals surface area contributed by atoms with Crippen molar-refractivity contribution in [1.82, 2.24) is 9.88 Å². The van der Waals surface area contributed by atoms with Crippen molar-refractivity contribution >= 4 is 16.9 Å². The predicted octanol–water partition coefficient (Wildman–Crippen LogP) is 2.67. The minimum atomic E-state index is -0.715. The number of fused-ring (bicyclic) bond motifs is 1. The first-order chi connectivity index (χ1) is 10.1. The van der Waals surface area contributed by atoms with Crippen LogP contribution in [0.3, 0.4) is 0 Å². The van der Waals surface area contributed by atoms with Crippen molar-refractivity contribution in [1.29, 1.82) is 0 Å². The van der Waals surface area contributed by atoms with E-state index in [0.717, 1.165) is 29.6 Å². The molecule has 0 saturated carbocycles. The van der Waals surface area contributed by atoms with E-state index in [9.17, 15) is 9.18 Å². The van der Waals surface area contributed by atoms with Crippen LogP contribution in [0.5, 0.6) is 0 Å². The summed E-state index contributed by atoms with van der Waals surface area (Å²) in [6.45, 7) is 2.06. The number of benzene rings is 1. The first-order valence-electron chi connectivity index (χ1n) is 7.12. The van der Waals surface area contributed by atoms with Crippen LogP contribution in [0, 0.1) is 11.7 Å². The molecule has 5 heteroatoms. The Morgan fingerprint density at radius 2 is 2.14 bits per heavy atom. The van der Waals surface area contributed by atoms with Gasteiger partial charge in [0, 0.05) is 18.1 Å². The van der Waals surface area contributed by atoms with Crippen LogP contribution < -0.4 is 0 Å². The second-order valence-electron chi connectivity index (χ2n) is 5.53. The number of pyridine rings is 1. The maximum absolute atomic E-state index is 13.7. The van der Waals surface area contributed by atoms with Crippen molar-refractivity contribution in [3.63, 3.8) is 0 Å². The SMILES string of the molecule is O=C(O)C1CCN(Cc2cc(F)cc3cccnc23)CC1. The molecule has 3 rings (SSSR count). The van der Waals surface area contributed by atoms with Crippen molar-refractivity contribution < 1.29 is 14.3 Å². The lowest BCUT2D eigenvalue weighted by molar-refractivity contribution is -0.143. The van der Waals surface area contributed by atoms with Gasteiger partial charge in [0.1, 0.15) is 5.82 Å². The van der Waals surface area contributed by atoms with E-state index in [2.05, 4.69) is 9.88 Å². The normalized spacial score (nSPS) is 17.2. The lowest BCUT2D eigenvalue weighted by Gasteiger charge is -2.30. The number of nitrogens with zero attached hydrogens (tertiary/aromatic N) is 2. The maximum atomic E-state index is 13.7. The molecule has 1 aromatic carbocycles. The Morgan fingerprint density at radius 1 is 1.38 bits per heavy atom. The molecule has 0 spiro atoms. The molecule has 1 aromatic heterocycles. The highest BCUT2D eigenvalue weighted by Gasteiger charge is 2.24. The van der Waals surface area contributed by atoms with Gasteiger partial charge in [-0.3, -0.25) is 14.7 Å². The number of carboxylic acids is 1. The number of hydrogen-bond donors (Lipinski definition) is 1. The minimum Gasteiger partial charge on any atom is -0.481 e. The van der Waals surface area contributed by atoms with E-state index in [-0.39, 0.29) is 11.7 Å². The Morgan fingerprint density at radius 3 is 2.86 bits per heavy atom. The summed E-state index contributed by atoms with van der Waals surface area (Å²) >= 11 is 0. The van der Waals surface area contributed by atoms with Crippen LogP contribution in [-0.2, 0) is 11.3 Å². The number of likely N-dealkylation sites (tertiary alicyclic amines) is 1. The summed E-state index contributed by atoms with van der Waals surface area (Å²) in [6.07, 6.45) is 3.01. The van der Waals surface area contributed by atoms with E-state index in [1.54, 1.807) is 12.3 Å². The third-order valence-electron chi connectivity index (χ3n) is 4.08. The number of piperidine rings is 1. The minimum absolute atomic E-state index is 0.247. The van der Waals surface area contributed by atoms with E-state index < -0.39 is 5.97 Å². The predicted molar refractivity (Wildman–Crippen MR) is 77.3 cm³/mol. The third kappa shape index (κ3) is 3.03. The summed E-state index contributed by atoms with van der Waals surface area (Å²) in [5.41, 5.74) is 1.68. The van der Waals surface area contributed by atoms with Gasteiger partial charge >= 0.3 is 5.97 Å². The summed E-state index contributed by atoms with van der Waals surface area (Å²) < 4.78 is 13.7. The molecule has 110 valence electrons. The Bertz CT molecular complexity index is 666. The largest absolute Gasteiger partial charge is 0.481 e. The molecule has 0 bridgehead atoms. The molecule has 1 saturated heterocycles. The van der Waals surface area contributed by atoms with Crippen LogP contribution in [0.15, 0.2) is 30.5 Å². The molecule has 0 amide bonds. The van der Waals surface area contributed by atoms with Crippen LogP contribution in [0.4, 0.5) is 4.39 Å². The van der Waals surface area contributed by atoms with Crippen molar-refractivity contribution in [2.75, 3.05) is 13.1 Å². The number of hydrogen-bond acceptors (Lipinski definition) is 3. The van der Waals surface area contributed by atoms with E-state index in [4.69, 9.17) is 5.11 Å². The number of aromatic nitrogens is 1. The fourth-order valence-electron chi connectivity index (χ4n) is 2.93. The first kappa shape index (κ1) is 13.9. The summed E-state index contributed by atoms with van der Waals surface area (Å²) in [7, 11) is 0. The van der Waals surface area contributed by atoms with E-state index in [1.807, 2.05) is 6.07 Å². The molecule has 21 heavy (non-hydrogen) atoms. The molecule has 0 atom stereocenters. The van der Waals surface area contributed by atoms with E-state index in [0.29, 0.717) is 19.4 Å². The van der Waals surface area contributed by atoms with Crippen LogP contribution in [-0.4, -0.2) is 34.0 Å². The number of carboxylic acid groups (broad SMARTS) is 1. The van der Waals surface area contributed by atoms with Gasteiger partial charge in [-0.15, -0.1) is 0 Å². The summed E-state index contributed by atoms with van der Waals surface area (Å²) in [4.78, 5) is 17.5. The van der Waals surface area contributed by atoms with Gasteiger partial charge in [-0.25, -0.2) is 4.39 Å². The van der Waals surface area contributed by atoms with Gasteiger partial charge in [-0.05, 0) is 49.7 Å². The zero-order valence-electron chi connectivity index (χ0n) is 11.6. The average Bonchev–Trinajstić information content (AvgIpc) is 2.47. The monoisotopic (exact) mass is 288 g/mol. The van der Waals surface area contributed by atoms with E-state index in [1.165, 1.54) is 12.1 Å². The Hall–Kier alpha value is -2.01. The standard InChI is InChI=1S/C16H17FN2O2/c17-14-8-12-2-1-5-18-15(12)13(9-14)10-19-6-3-11(4-7-19)16(20)21/h1-2,5,8-9,11H,3-4,6-7,10H2,(H,20,21). The third-order valence-corrected chi connectivity index (χ3v) is 4.08. The van der Waals surface area contributed by atoms with E-state index >= 15 is 0 Å². The highest BCUT2D eigenvalue weighted by atomic mass is 19.1. The van der Waals surface area contributed by atoms with Crippen LogP contribution >= 0.6 is 0 Å². The molecule has 1 N–H and O–H groups in total. The second kappa shape index (κ2) is 5.77. The summed E-state index contributed by atoms with van der Waals surface area (Å²) in [6, 6.07) is 6.66. The number of halogens is 1. The van der Waals surface area contributed by atoms with Crippen molar-refractivity contribution in [2.45, 2.75) is 19.4 Å². The number of rotatable bonds is 3. The summed E-state index contributed by atoms with van der Waals surface area (Å²) in [5.74, 6) is -1.22. The highest BCUT2D eigenvalue weighted by molar-refractivity contribution is 5.81. The summed E-state index contributed by atoms with van der Waals surface area (Å²) in [5, 5.41) is 9.81. The van der Waals surface area contributed by atoms with Gasteiger partial charge in [0.15, 0.2) is 0 Å². The highest BCUT2D eigenvalue weighted by Crippen LogP contribution is 2.23. The van der Waals surface area contributed by atoms with Gasteiger partial charge in [0.25, 0.3) is 0 Å². The fourth-order valence-corrected chi connectivity index (χ4v) is 2.93. The lowest BCUT2D eigenvalue weighted by Crippen LogP contribution is -2.35. The van der Waals surface area contributed by atoms with Crippen molar-refractivity contribution in [3.05, 3.63) is 41.8 Å². The van der Waals surface area contributed by atoms with Crippen molar-refractivity contribution in [2.24, 2.45) is 5.92 Å². The van der Waals surface area contributed by atoms with Gasteiger partial charge in [0.05, 0.1) is 11.4 Å². The Balaban J connectivity index is 1.78. The second-order valence-corrected chi connectivity index (χ2v) is 5.53. The zero-order chi connectivity index (χ0) is 14.8. The van der Waals surface area contributed by atoms with Crippen molar-refractivity contribution in [3.8, 4) is 0 Å². The molecule has 1 aliphatic rings. The Labute approximate surface area is 122 Å². The van der Waals surface area contributed by atoms with Gasteiger partial charge in [-0.2, -0.15) is 0 Å². The average molecular weight is 288 g/mol. The van der Waals surface area contributed by atoms with Crippen LogP contribution in [0.2, 0.25) is 0 Å². The van der Waals surface area contributed by atoms with Crippen LogP contribution in [0.1, 0.15) is 18.4 Å². The molecule has 0 aliphatic carbocycles. The molecular weight excluding hydrogens is 271 g/mol. The van der Waals surface area contributed by atoms with Crippen LogP contribution in [0.25, 0.3) is 10.9 Å². The molecular formula is C16H17FN2O2. The quantitative estimate of drug-likeness (QED) is 0.943. The maximum Gasteiger partial charge on any atom is 0.306 e. The van der Waals surface area contributed by atoms with Gasteiger partial charge in [-0.1, -0.05) is 6.07 Å². The topological polar surface area (TPSA) is 53.4 Å². The molecule has 0 unspecified atom stereocenters. The first-order valence-corrected chi connectivity index (χ1v) is 7.12. The lowest BCUT2D eigenvalue weighted by atomic mass is 9.96. The molecule has 4 nitrogen and oxygen atoms in total. The fraction of sp³-hybridized carbons (Fsp3) is 0.375. The number of aliphatic carboxylic acids is 1. The Kier molecular flexibility index (Phi) is 3.84. The van der Waals surface area contributed by atoms with Gasteiger partial charge < -0.3 is 5.11 Å². The molecule has 1 fully saturated rings. The van der Waals surface area contributed by atoms with Gasteiger partial charge in [0.2, 0.25) is 0 Å². The molecule has 2 aromatic rings.